The van der Waals surface area contributed by atoms with Gasteiger partial charge in [0.2, 0.25) is 5.91 Å². The Kier molecular flexibility index (Phi) is 5.74. The summed E-state index contributed by atoms with van der Waals surface area (Å²) in [5.41, 5.74) is 1.83. The number of aliphatic imine (C=N–C) groups is 1. The minimum Gasteiger partial charge on any atom is -0.356 e. The molecule has 8 heteroatoms. The summed E-state index contributed by atoms with van der Waals surface area (Å²) in [5, 5.41) is 0.604. The molecule has 170 valence electrons. The van der Waals surface area contributed by atoms with Gasteiger partial charge in [-0.1, -0.05) is 6.07 Å². The zero-order chi connectivity index (χ0) is 22.9. The maximum Gasteiger partial charge on any atom is 0.227 e. The van der Waals surface area contributed by atoms with E-state index in [0.29, 0.717) is 46.7 Å². The first kappa shape index (κ1) is 21.4. The highest BCUT2D eigenvalue weighted by molar-refractivity contribution is 6.00. The highest BCUT2D eigenvalue weighted by atomic mass is 19.1. The van der Waals surface area contributed by atoms with Crippen LogP contribution in [-0.2, 0) is 4.79 Å². The largest absolute Gasteiger partial charge is 0.356 e. The SMILES string of the molecule is C=NCC1CCN(c2ncnc3c(-c4ccc(N5CCCC5=O)c(F)c4)cc(F)cc23)CC1. The molecule has 0 radical (unpaired) electrons. The van der Waals surface area contributed by atoms with E-state index >= 15 is 0 Å². The van der Waals surface area contributed by atoms with Crippen LogP contribution in [0.1, 0.15) is 25.7 Å². The minimum atomic E-state index is -0.507. The Labute approximate surface area is 191 Å². The number of nitrogens with zero attached hydrogens (tertiary/aromatic N) is 5. The van der Waals surface area contributed by atoms with Crippen LogP contribution in [0.25, 0.3) is 22.0 Å². The van der Waals surface area contributed by atoms with Crippen LogP contribution < -0.4 is 9.80 Å². The van der Waals surface area contributed by atoms with E-state index in [1.807, 2.05) is 0 Å². The average molecular weight is 450 g/mol. The van der Waals surface area contributed by atoms with E-state index in [4.69, 9.17) is 0 Å². The fourth-order valence-corrected chi connectivity index (χ4v) is 4.90. The third kappa shape index (κ3) is 4.05. The second-order valence-corrected chi connectivity index (χ2v) is 8.70. The lowest BCUT2D eigenvalue weighted by molar-refractivity contribution is -0.117. The van der Waals surface area contributed by atoms with Gasteiger partial charge in [-0.3, -0.25) is 4.79 Å². The molecule has 2 aliphatic rings. The molecule has 1 amide bonds. The fourth-order valence-electron chi connectivity index (χ4n) is 4.90. The smallest absolute Gasteiger partial charge is 0.227 e. The molecule has 1 aromatic heterocycles. The van der Waals surface area contributed by atoms with E-state index < -0.39 is 11.6 Å². The summed E-state index contributed by atoms with van der Waals surface area (Å²) in [5.74, 6) is 0.169. The molecule has 0 aliphatic carbocycles. The summed E-state index contributed by atoms with van der Waals surface area (Å²) >= 11 is 0. The Morgan fingerprint density at radius 2 is 1.91 bits per heavy atom. The van der Waals surface area contributed by atoms with Crippen LogP contribution in [0.3, 0.4) is 0 Å². The number of piperidine rings is 1. The summed E-state index contributed by atoms with van der Waals surface area (Å²) in [6.07, 6.45) is 4.56. The van der Waals surface area contributed by atoms with Crippen molar-refractivity contribution in [1.29, 1.82) is 0 Å². The molecule has 2 aromatic carbocycles. The molecule has 0 atom stereocenters. The number of halogens is 2. The number of rotatable bonds is 5. The summed E-state index contributed by atoms with van der Waals surface area (Å²) < 4.78 is 29.7. The minimum absolute atomic E-state index is 0.0807. The van der Waals surface area contributed by atoms with Crippen LogP contribution in [0.5, 0.6) is 0 Å². The lowest BCUT2D eigenvalue weighted by atomic mass is 9.96. The van der Waals surface area contributed by atoms with Gasteiger partial charge in [-0.2, -0.15) is 0 Å². The van der Waals surface area contributed by atoms with Crippen LogP contribution in [0.15, 0.2) is 41.7 Å². The van der Waals surface area contributed by atoms with E-state index in [2.05, 4.69) is 26.6 Å². The van der Waals surface area contributed by atoms with Gasteiger partial charge in [0.25, 0.3) is 0 Å². The second kappa shape index (κ2) is 8.84. The van der Waals surface area contributed by atoms with E-state index in [1.54, 1.807) is 12.1 Å². The third-order valence-electron chi connectivity index (χ3n) is 6.61. The van der Waals surface area contributed by atoms with Gasteiger partial charge in [0.15, 0.2) is 0 Å². The van der Waals surface area contributed by atoms with Crippen LogP contribution in [0, 0.1) is 17.6 Å². The van der Waals surface area contributed by atoms with Gasteiger partial charge < -0.3 is 14.8 Å². The predicted octanol–water partition coefficient (Wildman–Crippen LogP) is 4.62. The van der Waals surface area contributed by atoms with Crippen LogP contribution in [-0.4, -0.2) is 48.8 Å². The number of anilines is 2. The Balaban J connectivity index is 1.52. The quantitative estimate of drug-likeness (QED) is 0.534. The van der Waals surface area contributed by atoms with Crippen molar-refractivity contribution in [1.82, 2.24) is 9.97 Å². The molecule has 0 unspecified atom stereocenters. The molecular weight excluding hydrogens is 424 g/mol. The molecule has 0 N–H and O–H groups in total. The highest BCUT2D eigenvalue weighted by Crippen LogP contribution is 2.36. The zero-order valence-corrected chi connectivity index (χ0v) is 18.3. The van der Waals surface area contributed by atoms with Gasteiger partial charge >= 0.3 is 0 Å². The monoisotopic (exact) mass is 449 g/mol. The van der Waals surface area contributed by atoms with Crippen molar-refractivity contribution >= 4 is 35.0 Å². The standard InChI is InChI=1S/C25H25F2N5O/c1-28-14-16-6-9-31(10-7-16)25-20-13-18(26)12-19(24(20)29-15-30-25)17-4-5-22(21(27)11-17)32-8-2-3-23(32)33/h4-5,11-13,15-16H,1-3,6-10,14H2. The van der Waals surface area contributed by atoms with Gasteiger partial charge in [0.05, 0.1) is 11.2 Å². The lowest BCUT2D eigenvalue weighted by Gasteiger charge is -2.32. The van der Waals surface area contributed by atoms with Gasteiger partial charge in [-0.15, -0.1) is 0 Å². The maximum absolute atomic E-state index is 15.0. The molecule has 33 heavy (non-hydrogen) atoms. The Bertz CT molecular complexity index is 1220. The van der Waals surface area contributed by atoms with Gasteiger partial charge in [0.1, 0.15) is 23.8 Å². The van der Waals surface area contributed by atoms with Crippen molar-refractivity contribution in [3.8, 4) is 11.1 Å². The predicted molar refractivity (Wildman–Crippen MR) is 126 cm³/mol. The molecule has 2 fully saturated rings. The summed E-state index contributed by atoms with van der Waals surface area (Å²) in [7, 11) is 0. The van der Waals surface area contributed by atoms with Crippen molar-refractivity contribution in [2.24, 2.45) is 10.9 Å². The maximum atomic E-state index is 15.0. The Morgan fingerprint density at radius 3 is 2.61 bits per heavy atom. The lowest BCUT2D eigenvalue weighted by Crippen LogP contribution is -2.35. The van der Waals surface area contributed by atoms with Crippen molar-refractivity contribution < 1.29 is 13.6 Å². The molecule has 2 aliphatic heterocycles. The molecule has 0 saturated carbocycles. The number of hydrogen-bond donors (Lipinski definition) is 0. The fraction of sp³-hybridized carbons (Fsp3) is 0.360. The number of carbonyl (C=O) groups excluding carboxylic acids is 1. The molecule has 3 aromatic rings. The van der Waals surface area contributed by atoms with E-state index in [0.717, 1.165) is 38.9 Å². The number of aromatic nitrogens is 2. The first-order valence-electron chi connectivity index (χ1n) is 11.3. The van der Waals surface area contributed by atoms with Crippen molar-refractivity contribution in [3.63, 3.8) is 0 Å². The van der Waals surface area contributed by atoms with Crippen LogP contribution >= 0.6 is 0 Å². The van der Waals surface area contributed by atoms with Crippen molar-refractivity contribution in [3.05, 3.63) is 48.3 Å². The van der Waals surface area contributed by atoms with Crippen LogP contribution in [0.2, 0.25) is 0 Å². The molecule has 3 heterocycles. The highest BCUT2D eigenvalue weighted by Gasteiger charge is 2.25. The molecule has 6 nitrogen and oxygen atoms in total. The van der Waals surface area contributed by atoms with Crippen molar-refractivity contribution in [2.45, 2.75) is 25.7 Å². The number of carbonyl (C=O) groups is 1. The number of amides is 1. The normalized spacial score (nSPS) is 17.2. The molecule has 5 rings (SSSR count). The number of fused-ring (bicyclic) bond motifs is 1. The molecule has 2 saturated heterocycles. The zero-order valence-electron chi connectivity index (χ0n) is 18.3. The summed E-state index contributed by atoms with van der Waals surface area (Å²) in [6, 6.07) is 7.47. The topological polar surface area (TPSA) is 61.7 Å². The Morgan fingerprint density at radius 1 is 1.09 bits per heavy atom. The average Bonchev–Trinajstić information content (AvgIpc) is 3.24. The second-order valence-electron chi connectivity index (χ2n) is 8.70. The van der Waals surface area contributed by atoms with Gasteiger partial charge in [-0.25, -0.2) is 18.7 Å². The van der Waals surface area contributed by atoms with Crippen molar-refractivity contribution in [2.75, 3.05) is 36.0 Å². The first-order valence-corrected chi connectivity index (χ1v) is 11.3. The van der Waals surface area contributed by atoms with E-state index in [9.17, 15) is 13.6 Å². The summed E-state index contributed by atoms with van der Waals surface area (Å²) in [4.78, 5) is 28.5. The van der Waals surface area contributed by atoms with Gasteiger partial charge in [0, 0.05) is 43.5 Å². The van der Waals surface area contributed by atoms with Gasteiger partial charge in [-0.05, 0) is 61.7 Å². The molecule has 0 spiro atoms. The molecular formula is C25H25F2N5O. The summed E-state index contributed by atoms with van der Waals surface area (Å²) in [6.45, 7) is 6.44. The van der Waals surface area contributed by atoms with E-state index in [-0.39, 0.29) is 11.6 Å². The first-order chi connectivity index (χ1) is 16.0. The van der Waals surface area contributed by atoms with E-state index in [1.165, 1.54) is 29.4 Å². The van der Waals surface area contributed by atoms with Crippen LogP contribution in [0.4, 0.5) is 20.3 Å². The third-order valence-corrected chi connectivity index (χ3v) is 6.61. The Hall–Kier alpha value is -3.42. The molecule has 0 bridgehead atoms. The number of hydrogen-bond acceptors (Lipinski definition) is 5. The number of benzene rings is 2.